The van der Waals surface area contributed by atoms with Gasteiger partial charge in [-0.2, -0.15) is 0 Å². The third kappa shape index (κ3) is 3.40. The van der Waals surface area contributed by atoms with E-state index in [1.54, 1.807) is 0 Å². The van der Waals surface area contributed by atoms with Crippen molar-refractivity contribution >= 4 is 21.6 Å². The maximum atomic E-state index is 13.5. The molecule has 9 heteroatoms. The summed E-state index contributed by atoms with van der Waals surface area (Å²) in [5, 5.41) is -0.212. The molecule has 0 aliphatic carbocycles. The molecule has 3 nitrogen and oxygen atoms in total. The SMILES string of the molecule is O=S(=O)(NCc1ccc(F)c(Cl)c1)c1ccc(F)c(F)c1F. The Morgan fingerprint density at radius 2 is 1.59 bits per heavy atom. The highest BCUT2D eigenvalue weighted by Gasteiger charge is 2.23. The number of hydrogen-bond acceptors (Lipinski definition) is 2. The molecule has 0 saturated carbocycles. The molecule has 0 heterocycles. The van der Waals surface area contributed by atoms with Crippen LogP contribution in [0.5, 0.6) is 0 Å². The van der Waals surface area contributed by atoms with E-state index in [4.69, 9.17) is 11.6 Å². The smallest absolute Gasteiger partial charge is 0.207 e. The predicted molar refractivity (Wildman–Crippen MR) is 71.8 cm³/mol. The van der Waals surface area contributed by atoms with E-state index in [9.17, 15) is 26.0 Å². The van der Waals surface area contributed by atoms with E-state index in [1.165, 1.54) is 12.1 Å². The van der Waals surface area contributed by atoms with Crippen LogP contribution in [0, 0.1) is 23.3 Å². The molecule has 0 saturated heterocycles. The molecular weight excluding hydrogens is 346 g/mol. The van der Waals surface area contributed by atoms with Gasteiger partial charge in [-0.15, -0.1) is 0 Å². The molecule has 0 radical (unpaired) electrons. The van der Waals surface area contributed by atoms with Crippen LogP contribution in [0.25, 0.3) is 0 Å². The Bertz CT molecular complexity index is 827. The molecule has 118 valence electrons. The van der Waals surface area contributed by atoms with Crippen molar-refractivity contribution in [1.82, 2.24) is 4.72 Å². The van der Waals surface area contributed by atoms with Gasteiger partial charge in [0.25, 0.3) is 0 Å². The Morgan fingerprint density at radius 1 is 0.955 bits per heavy atom. The van der Waals surface area contributed by atoms with Crippen LogP contribution in [-0.2, 0) is 16.6 Å². The lowest BCUT2D eigenvalue weighted by atomic mass is 10.2. The van der Waals surface area contributed by atoms with Crippen molar-refractivity contribution in [3.05, 3.63) is 64.2 Å². The summed E-state index contributed by atoms with van der Waals surface area (Å²) in [6.45, 7) is -0.333. The van der Waals surface area contributed by atoms with Gasteiger partial charge in [0.2, 0.25) is 10.0 Å². The van der Waals surface area contributed by atoms with Gasteiger partial charge < -0.3 is 0 Å². The third-order valence-corrected chi connectivity index (χ3v) is 4.45. The summed E-state index contributed by atoms with van der Waals surface area (Å²) in [6, 6.07) is 4.59. The predicted octanol–water partition coefficient (Wildman–Crippen LogP) is 3.37. The summed E-state index contributed by atoms with van der Waals surface area (Å²) in [7, 11) is -4.42. The Kier molecular flexibility index (Phi) is 4.74. The van der Waals surface area contributed by atoms with Crippen molar-refractivity contribution in [3.8, 4) is 0 Å². The van der Waals surface area contributed by atoms with Crippen LogP contribution < -0.4 is 4.72 Å². The molecule has 0 aliphatic rings. The van der Waals surface area contributed by atoms with Crippen molar-refractivity contribution in [2.45, 2.75) is 11.4 Å². The molecular formula is C13H8ClF4NO2S. The zero-order chi connectivity index (χ0) is 16.5. The second-order valence-corrected chi connectivity index (χ2v) is 6.39. The van der Waals surface area contributed by atoms with Crippen molar-refractivity contribution in [1.29, 1.82) is 0 Å². The van der Waals surface area contributed by atoms with E-state index in [2.05, 4.69) is 0 Å². The molecule has 0 amide bonds. The highest BCUT2D eigenvalue weighted by Crippen LogP contribution is 2.20. The number of sulfonamides is 1. The maximum absolute atomic E-state index is 13.5. The molecule has 2 rings (SSSR count). The number of hydrogen-bond donors (Lipinski definition) is 1. The second-order valence-electron chi connectivity index (χ2n) is 4.25. The molecule has 0 fully saturated rings. The minimum absolute atomic E-state index is 0.212. The lowest BCUT2D eigenvalue weighted by Gasteiger charge is -2.09. The van der Waals surface area contributed by atoms with E-state index in [-0.39, 0.29) is 11.6 Å². The molecule has 2 aromatic carbocycles. The Balaban J connectivity index is 2.25. The summed E-state index contributed by atoms with van der Waals surface area (Å²) >= 11 is 5.54. The van der Waals surface area contributed by atoms with Gasteiger partial charge in [0, 0.05) is 6.54 Å². The lowest BCUT2D eigenvalue weighted by molar-refractivity contribution is 0.431. The van der Waals surface area contributed by atoms with Gasteiger partial charge in [0.15, 0.2) is 17.5 Å². The molecule has 0 bridgehead atoms. The van der Waals surface area contributed by atoms with Gasteiger partial charge in [0.1, 0.15) is 10.7 Å². The Hall–Kier alpha value is -1.64. The summed E-state index contributed by atoms with van der Waals surface area (Å²) in [4.78, 5) is -1.03. The second kappa shape index (κ2) is 6.23. The number of benzene rings is 2. The average molecular weight is 354 g/mol. The average Bonchev–Trinajstić information content (AvgIpc) is 2.46. The topological polar surface area (TPSA) is 46.2 Å². The summed E-state index contributed by atoms with van der Waals surface area (Å²) in [5.41, 5.74) is 0.304. The van der Waals surface area contributed by atoms with E-state index in [0.29, 0.717) is 17.7 Å². The van der Waals surface area contributed by atoms with Crippen LogP contribution >= 0.6 is 11.6 Å². The van der Waals surface area contributed by atoms with Crippen LogP contribution in [0.15, 0.2) is 35.2 Å². The maximum Gasteiger partial charge on any atom is 0.243 e. The van der Waals surface area contributed by atoms with Crippen LogP contribution in [-0.4, -0.2) is 8.42 Å². The molecule has 0 unspecified atom stereocenters. The van der Waals surface area contributed by atoms with E-state index in [0.717, 1.165) is 6.07 Å². The number of halogens is 5. The monoisotopic (exact) mass is 353 g/mol. The highest BCUT2D eigenvalue weighted by atomic mass is 35.5. The van der Waals surface area contributed by atoms with Crippen molar-refractivity contribution < 1.29 is 26.0 Å². The molecule has 22 heavy (non-hydrogen) atoms. The van der Waals surface area contributed by atoms with Gasteiger partial charge in [0.05, 0.1) is 5.02 Å². The first kappa shape index (κ1) is 16.7. The van der Waals surface area contributed by atoms with Gasteiger partial charge in [-0.05, 0) is 29.8 Å². The van der Waals surface area contributed by atoms with Gasteiger partial charge >= 0.3 is 0 Å². The zero-order valence-corrected chi connectivity index (χ0v) is 12.3. The zero-order valence-electron chi connectivity index (χ0n) is 10.7. The van der Waals surface area contributed by atoms with Crippen molar-refractivity contribution in [3.63, 3.8) is 0 Å². The Morgan fingerprint density at radius 3 is 2.23 bits per heavy atom. The molecule has 0 aliphatic heterocycles. The van der Waals surface area contributed by atoms with Crippen molar-refractivity contribution in [2.24, 2.45) is 0 Å². The summed E-state index contributed by atoms with van der Waals surface area (Å²) in [5.74, 6) is -5.88. The van der Waals surface area contributed by atoms with Crippen LogP contribution in [0.1, 0.15) is 5.56 Å². The first-order valence-corrected chi connectivity index (χ1v) is 7.65. The fraction of sp³-hybridized carbons (Fsp3) is 0.0769. The quantitative estimate of drug-likeness (QED) is 0.676. The van der Waals surface area contributed by atoms with Crippen molar-refractivity contribution in [2.75, 3.05) is 0 Å². The van der Waals surface area contributed by atoms with E-state index in [1.807, 2.05) is 4.72 Å². The first-order chi connectivity index (χ1) is 10.2. The molecule has 1 N–H and O–H groups in total. The third-order valence-electron chi connectivity index (χ3n) is 2.74. The molecule has 0 spiro atoms. The van der Waals surface area contributed by atoms with Gasteiger partial charge in [-0.3, -0.25) is 0 Å². The summed E-state index contributed by atoms with van der Waals surface area (Å²) < 4.78 is 78.1. The standard InChI is InChI=1S/C13H8ClF4NO2S/c14-8-5-7(1-2-9(8)15)6-19-22(20,21)11-4-3-10(16)12(17)13(11)18/h1-5,19H,6H2. The molecule has 0 atom stereocenters. The summed E-state index contributed by atoms with van der Waals surface area (Å²) in [6.07, 6.45) is 0. The molecule has 0 aromatic heterocycles. The van der Waals surface area contributed by atoms with Crippen LogP contribution in [0.2, 0.25) is 5.02 Å². The minimum atomic E-state index is -4.42. The van der Waals surface area contributed by atoms with Gasteiger partial charge in [-0.1, -0.05) is 17.7 Å². The minimum Gasteiger partial charge on any atom is -0.207 e. The van der Waals surface area contributed by atoms with E-state index < -0.39 is 38.2 Å². The molecule has 2 aromatic rings. The largest absolute Gasteiger partial charge is 0.243 e. The number of rotatable bonds is 4. The number of nitrogens with one attached hydrogen (secondary N) is 1. The van der Waals surface area contributed by atoms with Gasteiger partial charge in [-0.25, -0.2) is 30.7 Å². The first-order valence-electron chi connectivity index (χ1n) is 5.79. The van der Waals surface area contributed by atoms with E-state index >= 15 is 0 Å². The fourth-order valence-corrected chi connectivity index (χ4v) is 2.91. The highest BCUT2D eigenvalue weighted by molar-refractivity contribution is 7.89. The fourth-order valence-electron chi connectivity index (χ4n) is 1.62. The lowest BCUT2D eigenvalue weighted by Crippen LogP contribution is -2.24. The van der Waals surface area contributed by atoms with Crippen LogP contribution in [0.3, 0.4) is 0 Å². The van der Waals surface area contributed by atoms with Crippen LogP contribution in [0.4, 0.5) is 17.6 Å². The Labute approximate surface area is 128 Å². The normalized spacial score (nSPS) is 11.7.